The van der Waals surface area contributed by atoms with E-state index in [0.717, 1.165) is 36.4 Å². The minimum atomic E-state index is -0.484. The van der Waals surface area contributed by atoms with Gasteiger partial charge in [0.15, 0.2) is 6.61 Å². The summed E-state index contributed by atoms with van der Waals surface area (Å²) in [6.07, 6.45) is 3.16. The first kappa shape index (κ1) is 17.6. The zero-order chi connectivity index (χ0) is 17.8. The third-order valence-corrected chi connectivity index (χ3v) is 5.37. The lowest BCUT2D eigenvalue weighted by Gasteiger charge is -2.33. The fourth-order valence-electron chi connectivity index (χ4n) is 3.10. The Hall–Kier alpha value is -2.21. The van der Waals surface area contributed by atoms with Crippen LogP contribution in [0, 0.1) is 6.92 Å². The quantitative estimate of drug-likeness (QED) is 0.783. The summed E-state index contributed by atoms with van der Waals surface area (Å²) in [5, 5.41) is 0.793. The summed E-state index contributed by atoms with van der Waals surface area (Å²) in [6.45, 7) is 4.42. The maximum Gasteiger partial charge on any atom is 0.351 e. The van der Waals surface area contributed by atoms with Crippen molar-refractivity contribution in [3.05, 3.63) is 40.2 Å². The molecule has 25 heavy (non-hydrogen) atoms. The number of carbonyl (C=O) groups excluding carboxylic acids is 2. The molecule has 2 heterocycles. The first-order valence-electron chi connectivity index (χ1n) is 8.55. The van der Waals surface area contributed by atoms with Gasteiger partial charge in [0.1, 0.15) is 4.88 Å². The second kappa shape index (κ2) is 7.78. The predicted molar refractivity (Wildman–Crippen MR) is 97.6 cm³/mol. The molecule has 3 rings (SSSR count). The van der Waals surface area contributed by atoms with Crippen molar-refractivity contribution in [3.63, 3.8) is 0 Å². The summed E-state index contributed by atoms with van der Waals surface area (Å²) in [5.74, 6) is -0.606. The van der Waals surface area contributed by atoms with Crippen LogP contribution in [0.15, 0.2) is 30.3 Å². The molecule has 1 amide bonds. The molecule has 2 aromatic rings. The molecule has 1 fully saturated rings. The lowest BCUT2D eigenvalue weighted by Crippen LogP contribution is -2.44. The molecule has 5 nitrogen and oxygen atoms in total. The van der Waals surface area contributed by atoms with Gasteiger partial charge in [-0.2, -0.15) is 0 Å². The minimum Gasteiger partial charge on any atom is -0.451 e. The van der Waals surface area contributed by atoms with Crippen LogP contribution in [0.5, 0.6) is 0 Å². The molecule has 0 aliphatic carbocycles. The number of aromatic nitrogens is 1. The fourth-order valence-corrected chi connectivity index (χ4v) is 3.94. The van der Waals surface area contributed by atoms with Gasteiger partial charge in [0, 0.05) is 18.2 Å². The Morgan fingerprint density at radius 1 is 1.28 bits per heavy atom. The average Bonchev–Trinajstić information content (AvgIpc) is 3.02. The third kappa shape index (κ3) is 4.07. The van der Waals surface area contributed by atoms with Crippen molar-refractivity contribution in [2.24, 2.45) is 0 Å². The van der Waals surface area contributed by atoms with E-state index in [9.17, 15) is 9.59 Å². The van der Waals surface area contributed by atoms with Gasteiger partial charge in [0.05, 0.1) is 10.7 Å². The van der Waals surface area contributed by atoms with Crippen LogP contribution in [0.25, 0.3) is 11.3 Å². The maximum absolute atomic E-state index is 12.5. The van der Waals surface area contributed by atoms with Gasteiger partial charge < -0.3 is 9.64 Å². The second-order valence-corrected chi connectivity index (χ2v) is 7.49. The normalized spacial score (nSPS) is 17.4. The number of likely N-dealkylation sites (tertiary alicyclic amines) is 1. The molecule has 0 unspecified atom stereocenters. The van der Waals surface area contributed by atoms with Crippen molar-refractivity contribution in [3.8, 4) is 11.3 Å². The summed E-state index contributed by atoms with van der Waals surface area (Å²) >= 11 is 1.29. The number of thiazole rings is 1. The number of benzene rings is 1. The molecule has 132 valence electrons. The molecule has 0 spiro atoms. The van der Waals surface area contributed by atoms with Gasteiger partial charge >= 0.3 is 5.97 Å². The first-order chi connectivity index (χ1) is 12.1. The molecule has 1 aliphatic rings. The maximum atomic E-state index is 12.5. The molecule has 1 aliphatic heterocycles. The summed E-state index contributed by atoms with van der Waals surface area (Å²) in [6, 6.07) is 9.75. The summed E-state index contributed by atoms with van der Waals surface area (Å²) in [4.78, 5) is 31.6. The van der Waals surface area contributed by atoms with E-state index in [4.69, 9.17) is 4.74 Å². The van der Waals surface area contributed by atoms with Crippen LogP contribution < -0.4 is 0 Å². The molecule has 6 heteroatoms. The molecule has 0 saturated carbocycles. The van der Waals surface area contributed by atoms with Crippen LogP contribution >= 0.6 is 11.3 Å². The van der Waals surface area contributed by atoms with Crippen LogP contribution in [-0.4, -0.2) is 41.0 Å². The van der Waals surface area contributed by atoms with E-state index in [-0.39, 0.29) is 18.6 Å². The highest BCUT2D eigenvalue weighted by atomic mass is 32.1. The molecule has 0 radical (unpaired) electrons. The lowest BCUT2D eigenvalue weighted by molar-refractivity contribution is -0.137. The van der Waals surface area contributed by atoms with Crippen LogP contribution in [0.4, 0.5) is 0 Å². The number of carbonyl (C=O) groups is 2. The van der Waals surface area contributed by atoms with Crippen LogP contribution in [0.2, 0.25) is 0 Å². The monoisotopic (exact) mass is 358 g/mol. The van der Waals surface area contributed by atoms with Crippen LogP contribution in [-0.2, 0) is 9.53 Å². The van der Waals surface area contributed by atoms with Crippen LogP contribution in [0.1, 0.15) is 40.9 Å². The number of aryl methyl sites for hydroxylation is 1. The Kier molecular flexibility index (Phi) is 5.48. The van der Waals surface area contributed by atoms with Gasteiger partial charge in [-0.25, -0.2) is 9.78 Å². The highest BCUT2D eigenvalue weighted by molar-refractivity contribution is 7.14. The smallest absolute Gasteiger partial charge is 0.351 e. The summed E-state index contributed by atoms with van der Waals surface area (Å²) < 4.78 is 5.31. The number of amides is 1. The van der Waals surface area contributed by atoms with E-state index in [2.05, 4.69) is 4.98 Å². The Bertz CT molecular complexity index is 757. The average molecular weight is 358 g/mol. The molecule has 0 bridgehead atoms. The Morgan fingerprint density at radius 3 is 2.76 bits per heavy atom. The van der Waals surface area contributed by atoms with Crippen molar-refractivity contribution in [1.29, 1.82) is 0 Å². The van der Waals surface area contributed by atoms with Crippen molar-refractivity contribution >= 4 is 23.2 Å². The number of piperidine rings is 1. The molecule has 0 N–H and O–H groups in total. The third-order valence-electron chi connectivity index (χ3n) is 4.42. The number of hydrogen-bond acceptors (Lipinski definition) is 5. The van der Waals surface area contributed by atoms with E-state index in [0.29, 0.717) is 10.6 Å². The molecule has 1 saturated heterocycles. The number of ether oxygens (including phenoxy) is 1. The highest BCUT2D eigenvalue weighted by Gasteiger charge is 2.25. The zero-order valence-electron chi connectivity index (χ0n) is 14.5. The number of rotatable bonds is 4. The Morgan fingerprint density at radius 2 is 2.04 bits per heavy atom. The molecule has 1 aromatic heterocycles. The van der Waals surface area contributed by atoms with E-state index < -0.39 is 5.97 Å². The Labute approximate surface area is 151 Å². The van der Waals surface area contributed by atoms with Crippen molar-refractivity contribution < 1.29 is 14.3 Å². The van der Waals surface area contributed by atoms with E-state index in [1.54, 1.807) is 0 Å². The van der Waals surface area contributed by atoms with Gasteiger partial charge in [-0.3, -0.25) is 4.79 Å². The zero-order valence-corrected chi connectivity index (χ0v) is 15.3. The molecule has 1 aromatic carbocycles. The van der Waals surface area contributed by atoms with Crippen molar-refractivity contribution in [1.82, 2.24) is 9.88 Å². The van der Waals surface area contributed by atoms with E-state index in [1.807, 2.05) is 49.1 Å². The van der Waals surface area contributed by atoms with E-state index in [1.165, 1.54) is 11.3 Å². The Balaban J connectivity index is 1.69. The number of nitrogens with zero attached hydrogens (tertiary/aromatic N) is 2. The van der Waals surface area contributed by atoms with Crippen LogP contribution in [0.3, 0.4) is 0 Å². The molecular formula is C19H22N2O3S. The SMILES string of the molecule is Cc1nc(-c2ccccc2)c(C(=O)OCC(=O)N2CCCC[C@@H]2C)s1. The summed E-state index contributed by atoms with van der Waals surface area (Å²) in [7, 11) is 0. The van der Waals surface area contributed by atoms with Gasteiger partial charge in [0.25, 0.3) is 5.91 Å². The standard InChI is InChI=1S/C19H22N2O3S/c1-13-8-6-7-11-21(13)16(22)12-24-19(23)18-17(20-14(2)25-18)15-9-4-3-5-10-15/h3-5,9-10,13H,6-8,11-12H2,1-2H3/t13-/m0/s1. The molecular weight excluding hydrogens is 336 g/mol. The van der Waals surface area contributed by atoms with Crippen molar-refractivity contribution in [2.75, 3.05) is 13.2 Å². The van der Waals surface area contributed by atoms with Gasteiger partial charge in [-0.15, -0.1) is 11.3 Å². The molecule has 1 atom stereocenters. The minimum absolute atomic E-state index is 0.122. The number of esters is 1. The highest BCUT2D eigenvalue weighted by Crippen LogP contribution is 2.28. The predicted octanol–water partition coefficient (Wildman–Crippen LogP) is 3.68. The number of hydrogen-bond donors (Lipinski definition) is 0. The van der Waals surface area contributed by atoms with Gasteiger partial charge in [-0.1, -0.05) is 30.3 Å². The first-order valence-corrected chi connectivity index (χ1v) is 9.37. The largest absolute Gasteiger partial charge is 0.451 e. The second-order valence-electron chi connectivity index (χ2n) is 6.28. The van der Waals surface area contributed by atoms with E-state index >= 15 is 0 Å². The fraction of sp³-hybridized carbons (Fsp3) is 0.421. The van der Waals surface area contributed by atoms with Crippen molar-refractivity contribution in [2.45, 2.75) is 39.2 Å². The van der Waals surface area contributed by atoms with Gasteiger partial charge in [-0.05, 0) is 33.1 Å². The topological polar surface area (TPSA) is 59.5 Å². The summed E-state index contributed by atoms with van der Waals surface area (Å²) in [5.41, 5.74) is 1.49. The van der Waals surface area contributed by atoms with Gasteiger partial charge in [0.2, 0.25) is 0 Å². The lowest BCUT2D eigenvalue weighted by atomic mass is 10.0.